The molecule has 1 aliphatic heterocycles. The van der Waals surface area contributed by atoms with Gasteiger partial charge in [-0.25, -0.2) is 4.98 Å². The molecular weight excluding hydrogens is 338 g/mol. The molecule has 1 aliphatic rings. The van der Waals surface area contributed by atoms with Crippen LogP contribution in [-0.2, 0) is 24.2 Å². The lowest BCUT2D eigenvalue weighted by Gasteiger charge is -2.24. The summed E-state index contributed by atoms with van der Waals surface area (Å²) >= 11 is 0. The van der Waals surface area contributed by atoms with Crippen LogP contribution in [-0.4, -0.2) is 54.3 Å². The van der Waals surface area contributed by atoms with Gasteiger partial charge >= 0.3 is 0 Å². The maximum absolute atomic E-state index is 5.48. The zero-order valence-electron chi connectivity index (χ0n) is 16.5. The maximum Gasteiger partial charge on any atom is 0.193 e. The highest BCUT2D eigenvalue weighted by Gasteiger charge is 2.19. The fraction of sp³-hybridized carbons (Fsp3) is 0.524. The molecule has 6 heteroatoms. The topological polar surface area (TPSA) is 54.7 Å². The Bertz CT molecular complexity index is 706. The molecule has 146 valence electrons. The minimum Gasteiger partial charge on any atom is -0.381 e. The van der Waals surface area contributed by atoms with E-state index in [2.05, 4.69) is 68.3 Å². The van der Waals surface area contributed by atoms with Crippen molar-refractivity contribution in [3.05, 3.63) is 54.1 Å². The first-order valence-corrected chi connectivity index (χ1v) is 9.79. The summed E-state index contributed by atoms with van der Waals surface area (Å²) in [5.74, 6) is 2.54. The van der Waals surface area contributed by atoms with Crippen LogP contribution >= 0.6 is 0 Å². The summed E-state index contributed by atoms with van der Waals surface area (Å²) in [6.45, 7) is 4.35. The van der Waals surface area contributed by atoms with Crippen molar-refractivity contribution < 1.29 is 4.74 Å². The van der Waals surface area contributed by atoms with Gasteiger partial charge in [0.2, 0.25) is 0 Å². The van der Waals surface area contributed by atoms with Crippen molar-refractivity contribution in [3.63, 3.8) is 0 Å². The zero-order chi connectivity index (χ0) is 18.9. The standard InChI is InChI=1S/C21H31N5O/c1-22-21(25(2)16-19-10-14-27-17-19)24-15-20-23-11-13-26(20)12-6-9-18-7-4-3-5-8-18/h3-5,7-8,11,13,19H,6,9-10,12,14-17H2,1-2H3,(H,22,24). The van der Waals surface area contributed by atoms with Gasteiger partial charge in [-0.15, -0.1) is 0 Å². The third-order valence-electron chi connectivity index (χ3n) is 5.04. The van der Waals surface area contributed by atoms with Crippen LogP contribution in [0.25, 0.3) is 0 Å². The van der Waals surface area contributed by atoms with Crippen molar-refractivity contribution in [1.82, 2.24) is 19.8 Å². The van der Waals surface area contributed by atoms with E-state index in [9.17, 15) is 0 Å². The summed E-state index contributed by atoms with van der Waals surface area (Å²) in [6.07, 6.45) is 7.25. The van der Waals surface area contributed by atoms with Crippen LogP contribution in [0.4, 0.5) is 0 Å². The van der Waals surface area contributed by atoms with Crippen molar-refractivity contribution in [2.45, 2.75) is 32.4 Å². The van der Waals surface area contributed by atoms with Crippen LogP contribution < -0.4 is 5.32 Å². The minimum atomic E-state index is 0.591. The number of aryl methyl sites for hydroxylation is 2. The molecule has 1 atom stereocenters. The number of nitrogens with zero attached hydrogens (tertiary/aromatic N) is 4. The number of hydrogen-bond acceptors (Lipinski definition) is 3. The predicted molar refractivity (Wildman–Crippen MR) is 109 cm³/mol. The third-order valence-corrected chi connectivity index (χ3v) is 5.04. The third kappa shape index (κ3) is 5.82. The fourth-order valence-electron chi connectivity index (χ4n) is 3.55. The lowest BCUT2D eigenvalue weighted by Crippen LogP contribution is -2.41. The molecule has 1 saturated heterocycles. The van der Waals surface area contributed by atoms with E-state index >= 15 is 0 Å². The van der Waals surface area contributed by atoms with Gasteiger partial charge in [-0.2, -0.15) is 0 Å². The van der Waals surface area contributed by atoms with Gasteiger partial charge < -0.3 is 19.5 Å². The number of benzene rings is 1. The average molecular weight is 370 g/mol. The molecule has 6 nitrogen and oxygen atoms in total. The Kier molecular flexibility index (Phi) is 7.27. The quantitative estimate of drug-likeness (QED) is 0.574. The molecule has 1 aromatic carbocycles. The molecule has 0 spiro atoms. The van der Waals surface area contributed by atoms with E-state index in [1.54, 1.807) is 0 Å². The molecule has 2 heterocycles. The number of ether oxygens (including phenoxy) is 1. The highest BCUT2D eigenvalue weighted by Crippen LogP contribution is 2.13. The highest BCUT2D eigenvalue weighted by atomic mass is 16.5. The van der Waals surface area contributed by atoms with E-state index in [4.69, 9.17) is 4.74 Å². The van der Waals surface area contributed by atoms with E-state index in [-0.39, 0.29) is 0 Å². The molecule has 1 fully saturated rings. The number of guanidine groups is 1. The second-order valence-electron chi connectivity index (χ2n) is 7.14. The molecular formula is C21H31N5O. The first kappa shape index (κ1) is 19.4. The van der Waals surface area contributed by atoms with E-state index < -0.39 is 0 Å². The van der Waals surface area contributed by atoms with Gasteiger partial charge in [0.15, 0.2) is 5.96 Å². The smallest absolute Gasteiger partial charge is 0.193 e. The molecule has 27 heavy (non-hydrogen) atoms. The Morgan fingerprint density at radius 2 is 2.22 bits per heavy atom. The number of nitrogens with one attached hydrogen (secondary N) is 1. The molecule has 1 N–H and O–H groups in total. The van der Waals surface area contributed by atoms with E-state index in [1.807, 2.05) is 13.2 Å². The second-order valence-corrected chi connectivity index (χ2v) is 7.14. The summed E-state index contributed by atoms with van der Waals surface area (Å²) in [7, 11) is 3.91. The molecule has 0 aliphatic carbocycles. The minimum absolute atomic E-state index is 0.591. The predicted octanol–water partition coefficient (Wildman–Crippen LogP) is 2.56. The summed E-state index contributed by atoms with van der Waals surface area (Å²) in [5, 5.41) is 3.45. The first-order valence-electron chi connectivity index (χ1n) is 9.79. The molecule has 0 radical (unpaired) electrons. The van der Waals surface area contributed by atoms with Crippen LogP contribution in [0, 0.1) is 5.92 Å². The lowest BCUT2D eigenvalue weighted by atomic mass is 10.1. The normalized spacial score (nSPS) is 17.3. The zero-order valence-corrected chi connectivity index (χ0v) is 16.5. The van der Waals surface area contributed by atoms with Crippen LogP contribution in [0.15, 0.2) is 47.7 Å². The summed E-state index contributed by atoms with van der Waals surface area (Å²) in [4.78, 5) is 11.1. The lowest BCUT2D eigenvalue weighted by molar-refractivity contribution is 0.181. The van der Waals surface area contributed by atoms with Crippen LogP contribution in [0.5, 0.6) is 0 Å². The molecule has 1 unspecified atom stereocenters. The maximum atomic E-state index is 5.48. The van der Waals surface area contributed by atoms with Crippen molar-refractivity contribution >= 4 is 5.96 Å². The molecule has 0 amide bonds. The van der Waals surface area contributed by atoms with Crippen LogP contribution in [0.2, 0.25) is 0 Å². The van der Waals surface area contributed by atoms with E-state index in [0.29, 0.717) is 12.5 Å². The molecule has 3 rings (SSSR count). The molecule has 2 aromatic rings. The largest absolute Gasteiger partial charge is 0.381 e. The van der Waals surface area contributed by atoms with Crippen LogP contribution in [0.3, 0.4) is 0 Å². The van der Waals surface area contributed by atoms with E-state index in [1.165, 1.54) is 5.56 Å². The number of aromatic nitrogens is 2. The van der Waals surface area contributed by atoms with Crippen molar-refractivity contribution in [1.29, 1.82) is 0 Å². The molecule has 0 saturated carbocycles. The van der Waals surface area contributed by atoms with Crippen LogP contribution in [0.1, 0.15) is 24.2 Å². The highest BCUT2D eigenvalue weighted by molar-refractivity contribution is 5.79. The van der Waals surface area contributed by atoms with Gasteiger partial charge in [0, 0.05) is 52.1 Å². The summed E-state index contributed by atoms with van der Waals surface area (Å²) in [6, 6.07) is 10.6. The Balaban J connectivity index is 1.46. The van der Waals surface area contributed by atoms with Crippen molar-refractivity contribution in [2.24, 2.45) is 10.9 Å². The average Bonchev–Trinajstić information content (AvgIpc) is 3.35. The molecule has 1 aromatic heterocycles. The van der Waals surface area contributed by atoms with Gasteiger partial charge in [0.05, 0.1) is 13.2 Å². The summed E-state index contributed by atoms with van der Waals surface area (Å²) < 4.78 is 7.71. The van der Waals surface area contributed by atoms with Gasteiger partial charge in [0.1, 0.15) is 5.82 Å². The van der Waals surface area contributed by atoms with Crippen molar-refractivity contribution in [3.8, 4) is 0 Å². The van der Waals surface area contributed by atoms with Gasteiger partial charge in [-0.3, -0.25) is 4.99 Å². The number of imidazole rings is 1. The monoisotopic (exact) mass is 369 g/mol. The second kappa shape index (κ2) is 10.1. The Morgan fingerprint density at radius 1 is 1.37 bits per heavy atom. The van der Waals surface area contributed by atoms with Gasteiger partial charge in [0.25, 0.3) is 0 Å². The Hall–Kier alpha value is -2.34. The number of hydrogen-bond donors (Lipinski definition) is 1. The first-order chi connectivity index (χ1) is 13.3. The fourth-order valence-corrected chi connectivity index (χ4v) is 3.55. The van der Waals surface area contributed by atoms with Gasteiger partial charge in [-0.1, -0.05) is 30.3 Å². The van der Waals surface area contributed by atoms with Gasteiger partial charge in [-0.05, 0) is 24.8 Å². The molecule has 0 bridgehead atoms. The Labute approximate surface area is 162 Å². The summed E-state index contributed by atoms with van der Waals surface area (Å²) in [5.41, 5.74) is 1.38. The number of aliphatic imine (C=N–C) groups is 1. The Morgan fingerprint density at radius 3 is 2.96 bits per heavy atom. The number of rotatable bonds is 8. The van der Waals surface area contributed by atoms with E-state index in [0.717, 1.165) is 57.3 Å². The SMILES string of the molecule is CN=C(NCc1nccn1CCCc1ccccc1)N(C)CC1CCOC1. The van der Waals surface area contributed by atoms with Crippen molar-refractivity contribution in [2.75, 3.05) is 33.9 Å².